The molecule has 0 saturated carbocycles. The fourth-order valence-electron chi connectivity index (χ4n) is 3.86. The molecule has 6 heteroatoms. The molecule has 0 fully saturated rings. The Labute approximate surface area is 181 Å². The summed E-state index contributed by atoms with van der Waals surface area (Å²) < 4.78 is 11.2. The lowest BCUT2D eigenvalue weighted by Gasteiger charge is -2.18. The molecule has 158 valence electrons. The van der Waals surface area contributed by atoms with Crippen LogP contribution in [0.5, 0.6) is 5.75 Å². The minimum atomic E-state index is -0.0654. The molecule has 1 aromatic carbocycles. The highest BCUT2D eigenvalue weighted by Crippen LogP contribution is 2.40. The predicted molar refractivity (Wildman–Crippen MR) is 122 cm³/mol. The van der Waals surface area contributed by atoms with Crippen molar-refractivity contribution in [3.63, 3.8) is 0 Å². The second-order valence-corrected chi connectivity index (χ2v) is 8.94. The van der Waals surface area contributed by atoms with E-state index in [-0.39, 0.29) is 5.91 Å². The van der Waals surface area contributed by atoms with E-state index >= 15 is 0 Å². The molecular weight excluding hydrogens is 396 g/mol. The van der Waals surface area contributed by atoms with Gasteiger partial charge in [0.05, 0.1) is 18.7 Å². The van der Waals surface area contributed by atoms with Gasteiger partial charge in [-0.1, -0.05) is 6.92 Å². The van der Waals surface area contributed by atoms with Gasteiger partial charge in [0.1, 0.15) is 22.3 Å². The lowest BCUT2D eigenvalue weighted by molar-refractivity contribution is 0.102. The van der Waals surface area contributed by atoms with Crippen molar-refractivity contribution >= 4 is 27.9 Å². The van der Waals surface area contributed by atoms with Crippen LogP contribution in [0.15, 0.2) is 40.8 Å². The summed E-state index contributed by atoms with van der Waals surface area (Å²) in [5.41, 5.74) is 2.74. The summed E-state index contributed by atoms with van der Waals surface area (Å²) in [5, 5.41) is 7.44. The summed E-state index contributed by atoms with van der Waals surface area (Å²) in [5.74, 6) is 3.14. The van der Waals surface area contributed by atoms with Crippen molar-refractivity contribution in [2.45, 2.75) is 46.6 Å². The highest BCUT2D eigenvalue weighted by molar-refractivity contribution is 7.16. The van der Waals surface area contributed by atoms with Gasteiger partial charge in [-0.15, -0.1) is 11.3 Å². The normalized spacial score (nSPS) is 15.5. The van der Waals surface area contributed by atoms with Crippen LogP contribution in [0.25, 0.3) is 0 Å². The van der Waals surface area contributed by atoms with Gasteiger partial charge < -0.3 is 19.8 Å². The average Bonchev–Trinajstić information content (AvgIpc) is 3.30. The van der Waals surface area contributed by atoms with Gasteiger partial charge in [0.25, 0.3) is 5.91 Å². The van der Waals surface area contributed by atoms with Gasteiger partial charge >= 0.3 is 0 Å². The maximum atomic E-state index is 13.3. The Hall–Kier alpha value is -2.73. The van der Waals surface area contributed by atoms with E-state index in [0.29, 0.717) is 19.1 Å². The molecule has 2 aromatic heterocycles. The number of nitrogens with one attached hydrogen (secondary N) is 2. The minimum absolute atomic E-state index is 0.0654. The number of anilines is 2. The average molecular weight is 425 g/mol. The van der Waals surface area contributed by atoms with Crippen LogP contribution in [0.3, 0.4) is 0 Å². The smallest absolute Gasteiger partial charge is 0.258 e. The molecule has 0 saturated heterocycles. The monoisotopic (exact) mass is 424 g/mol. The Bertz CT molecular complexity index is 1020. The largest absolute Gasteiger partial charge is 0.494 e. The van der Waals surface area contributed by atoms with Crippen molar-refractivity contribution in [2.24, 2.45) is 5.92 Å². The number of carbonyl (C=O) groups is 1. The highest BCUT2D eigenvalue weighted by Gasteiger charge is 2.27. The van der Waals surface area contributed by atoms with Crippen LogP contribution in [0, 0.1) is 12.8 Å². The first kappa shape index (κ1) is 20.5. The van der Waals surface area contributed by atoms with E-state index in [9.17, 15) is 4.79 Å². The molecule has 0 aliphatic heterocycles. The van der Waals surface area contributed by atoms with E-state index in [1.165, 1.54) is 10.4 Å². The van der Waals surface area contributed by atoms with Crippen molar-refractivity contribution in [3.05, 3.63) is 63.9 Å². The summed E-state index contributed by atoms with van der Waals surface area (Å²) in [4.78, 5) is 14.6. The third kappa shape index (κ3) is 4.54. The Kier molecular flexibility index (Phi) is 6.13. The molecular formula is C24H28N2O3S. The van der Waals surface area contributed by atoms with Crippen molar-refractivity contribution in [3.8, 4) is 5.75 Å². The Morgan fingerprint density at radius 1 is 1.23 bits per heavy atom. The second kappa shape index (κ2) is 8.96. The number of fused-ring (bicyclic) bond motifs is 1. The zero-order valence-corrected chi connectivity index (χ0v) is 18.5. The third-order valence-electron chi connectivity index (χ3n) is 5.38. The third-order valence-corrected chi connectivity index (χ3v) is 6.59. The van der Waals surface area contributed by atoms with Gasteiger partial charge in [0.15, 0.2) is 0 Å². The maximum absolute atomic E-state index is 13.3. The summed E-state index contributed by atoms with van der Waals surface area (Å²) in [6, 6.07) is 11.4. The van der Waals surface area contributed by atoms with Crippen LogP contribution in [0.4, 0.5) is 10.7 Å². The Balaban J connectivity index is 1.57. The molecule has 1 atom stereocenters. The molecule has 0 radical (unpaired) electrons. The quantitative estimate of drug-likeness (QED) is 0.485. The van der Waals surface area contributed by atoms with Gasteiger partial charge in [0.2, 0.25) is 0 Å². The molecule has 2 N–H and O–H groups in total. The number of hydrogen-bond donors (Lipinski definition) is 2. The first-order chi connectivity index (χ1) is 14.5. The maximum Gasteiger partial charge on any atom is 0.258 e. The SMILES string of the molecule is CCOc1ccc(NC(=O)c2c(NCc3ccc(C)o3)sc3c2CC[C@H](C)C3)cc1. The minimum Gasteiger partial charge on any atom is -0.494 e. The predicted octanol–water partition coefficient (Wildman–Crippen LogP) is 6.04. The van der Waals surface area contributed by atoms with Crippen LogP contribution in [-0.2, 0) is 19.4 Å². The van der Waals surface area contributed by atoms with E-state index in [2.05, 4.69) is 17.6 Å². The van der Waals surface area contributed by atoms with E-state index in [1.807, 2.05) is 50.2 Å². The standard InChI is InChI=1S/C24H28N2O3S/c1-4-28-18-10-7-17(8-11-18)26-23(27)22-20-12-5-15(2)13-21(20)30-24(22)25-14-19-9-6-16(3)29-19/h6-11,15,25H,4-5,12-14H2,1-3H3,(H,26,27)/t15-/m0/s1. The number of ether oxygens (including phenoxy) is 1. The summed E-state index contributed by atoms with van der Waals surface area (Å²) in [6.45, 7) is 7.35. The van der Waals surface area contributed by atoms with Crippen LogP contribution in [-0.4, -0.2) is 12.5 Å². The van der Waals surface area contributed by atoms with Crippen LogP contribution < -0.4 is 15.4 Å². The molecule has 5 nitrogen and oxygen atoms in total. The van der Waals surface area contributed by atoms with Gasteiger partial charge in [-0.2, -0.15) is 0 Å². The first-order valence-electron chi connectivity index (χ1n) is 10.5. The molecule has 2 heterocycles. The molecule has 30 heavy (non-hydrogen) atoms. The number of hydrogen-bond acceptors (Lipinski definition) is 5. The number of aryl methyl sites for hydroxylation is 1. The lowest BCUT2D eigenvalue weighted by Crippen LogP contribution is -2.17. The zero-order chi connectivity index (χ0) is 21.1. The van der Waals surface area contributed by atoms with Crippen LogP contribution >= 0.6 is 11.3 Å². The Morgan fingerprint density at radius 3 is 2.73 bits per heavy atom. The number of benzene rings is 1. The molecule has 0 spiro atoms. The van der Waals surface area contributed by atoms with E-state index in [1.54, 1.807) is 11.3 Å². The Morgan fingerprint density at radius 2 is 2.03 bits per heavy atom. The number of amides is 1. The molecule has 3 aromatic rings. The van der Waals surface area contributed by atoms with Gasteiger partial charge in [-0.25, -0.2) is 0 Å². The highest BCUT2D eigenvalue weighted by atomic mass is 32.1. The van der Waals surface area contributed by atoms with Crippen LogP contribution in [0.2, 0.25) is 0 Å². The van der Waals surface area contributed by atoms with Crippen LogP contribution in [0.1, 0.15) is 52.6 Å². The lowest BCUT2D eigenvalue weighted by atomic mass is 9.88. The van der Waals surface area contributed by atoms with Crippen molar-refractivity contribution in [2.75, 3.05) is 17.2 Å². The fourth-order valence-corrected chi connectivity index (χ4v) is 5.26. The van der Waals surface area contributed by atoms with E-state index < -0.39 is 0 Å². The fraction of sp³-hybridized carbons (Fsp3) is 0.375. The van der Waals surface area contributed by atoms with E-state index in [0.717, 1.165) is 52.8 Å². The molecule has 0 bridgehead atoms. The summed E-state index contributed by atoms with van der Waals surface area (Å²) in [7, 11) is 0. The van der Waals surface area contributed by atoms with Gasteiger partial charge in [-0.3, -0.25) is 4.79 Å². The van der Waals surface area contributed by atoms with Crippen molar-refractivity contribution in [1.29, 1.82) is 0 Å². The van der Waals surface area contributed by atoms with Gasteiger partial charge in [-0.05, 0) is 81.0 Å². The zero-order valence-electron chi connectivity index (χ0n) is 17.7. The topological polar surface area (TPSA) is 63.5 Å². The number of rotatable bonds is 7. The summed E-state index contributed by atoms with van der Waals surface area (Å²) in [6.07, 6.45) is 3.09. The number of furan rings is 1. The van der Waals surface area contributed by atoms with Crippen molar-refractivity contribution < 1.29 is 13.9 Å². The molecule has 1 amide bonds. The molecule has 1 aliphatic rings. The molecule has 4 rings (SSSR count). The molecule has 1 aliphatic carbocycles. The number of thiophene rings is 1. The van der Waals surface area contributed by atoms with Crippen molar-refractivity contribution in [1.82, 2.24) is 0 Å². The van der Waals surface area contributed by atoms with E-state index in [4.69, 9.17) is 9.15 Å². The summed E-state index contributed by atoms with van der Waals surface area (Å²) >= 11 is 1.71. The molecule has 0 unspecified atom stereocenters. The number of carbonyl (C=O) groups excluding carboxylic acids is 1. The second-order valence-electron chi connectivity index (χ2n) is 7.83. The first-order valence-corrected chi connectivity index (χ1v) is 11.3. The van der Waals surface area contributed by atoms with Gasteiger partial charge in [0, 0.05) is 10.6 Å².